The zero-order valence-electron chi connectivity index (χ0n) is 11.5. The van der Waals surface area contributed by atoms with Crippen LogP contribution in [0.1, 0.15) is 46.5 Å². The summed E-state index contributed by atoms with van der Waals surface area (Å²) in [5, 5.41) is 0. The van der Waals surface area contributed by atoms with Crippen molar-refractivity contribution in [3.63, 3.8) is 0 Å². The van der Waals surface area contributed by atoms with Crippen LogP contribution in [0.5, 0.6) is 0 Å². The molecule has 0 spiro atoms. The molecule has 0 saturated carbocycles. The molecule has 1 fully saturated rings. The highest BCUT2D eigenvalue weighted by atomic mass is 16.2. The molecule has 4 heteroatoms. The van der Waals surface area contributed by atoms with Crippen LogP contribution in [0.15, 0.2) is 0 Å². The van der Waals surface area contributed by atoms with Gasteiger partial charge in [-0.3, -0.25) is 10.2 Å². The summed E-state index contributed by atoms with van der Waals surface area (Å²) in [6, 6.07) is 0. The van der Waals surface area contributed by atoms with Crippen LogP contribution in [0.3, 0.4) is 0 Å². The van der Waals surface area contributed by atoms with Gasteiger partial charge < -0.3 is 4.90 Å². The van der Waals surface area contributed by atoms with Gasteiger partial charge in [-0.2, -0.15) is 0 Å². The zero-order chi connectivity index (χ0) is 12.9. The third-order valence-corrected chi connectivity index (χ3v) is 3.86. The Morgan fingerprint density at radius 2 is 2.06 bits per heavy atom. The van der Waals surface area contributed by atoms with E-state index in [1.54, 1.807) is 0 Å². The van der Waals surface area contributed by atoms with Gasteiger partial charge in [0.1, 0.15) is 0 Å². The highest BCUT2D eigenvalue weighted by Gasteiger charge is 2.26. The monoisotopic (exact) mass is 241 g/mol. The number of rotatable bonds is 3. The molecule has 1 unspecified atom stereocenters. The van der Waals surface area contributed by atoms with E-state index in [1.807, 2.05) is 0 Å². The van der Waals surface area contributed by atoms with Crippen molar-refractivity contribution in [1.82, 2.24) is 10.3 Å². The van der Waals surface area contributed by atoms with Gasteiger partial charge in [0.25, 0.3) is 0 Å². The lowest BCUT2D eigenvalue weighted by Crippen LogP contribution is -2.35. The first-order valence-corrected chi connectivity index (χ1v) is 6.65. The normalized spacial score (nSPS) is 23.2. The lowest BCUT2D eigenvalue weighted by molar-refractivity contribution is -0.121. The summed E-state index contributed by atoms with van der Waals surface area (Å²) in [5.74, 6) is 5.81. The number of hydrogen-bond donors (Lipinski definition) is 2. The minimum Gasteiger partial charge on any atom is -0.303 e. The van der Waals surface area contributed by atoms with E-state index in [-0.39, 0.29) is 5.91 Å². The fraction of sp³-hybridized carbons (Fsp3) is 0.923. The molecule has 4 nitrogen and oxygen atoms in total. The summed E-state index contributed by atoms with van der Waals surface area (Å²) in [5.41, 5.74) is 2.59. The highest BCUT2D eigenvalue weighted by molar-refractivity contribution is 5.75. The molecule has 1 rings (SSSR count). The van der Waals surface area contributed by atoms with Crippen LogP contribution >= 0.6 is 0 Å². The van der Waals surface area contributed by atoms with Crippen molar-refractivity contribution in [3.8, 4) is 0 Å². The summed E-state index contributed by atoms with van der Waals surface area (Å²) in [7, 11) is 0. The number of carbonyl (C=O) groups is 1. The first-order valence-electron chi connectivity index (χ1n) is 6.65. The van der Waals surface area contributed by atoms with Gasteiger partial charge in [0, 0.05) is 13.0 Å². The second kappa shape index (κ2) is 6.36. The van der Waals surface area contributed by atoms with E-state index in [0.29, 0.717) is 11.8 Å². The van der Waals surface area contributed by atoms with Gasteiger partial charge >= 0.3 is 0 Å². The number of nitrogens with one attached hydrogen (secondary N) is 1. The fourth-order valence-electron chi connectivity index (χ4n) is 2.58. The Morgan fingerprint density at radius 1 is 1.35 bits per heavy atom. The molecule has 1 aliphatic heterocycles. The number of likely N-dealkylation sites (tertiary alicyclic amines) is 1. The third kappa shape index (κ3) is 5.04. The first-order chi connectivity index (χ1) is 7.93. The van der Waals surface area contributed by atoms with Crippen molar-refractivity contribution in [3.05, 3.63) is 0 Å². The van der Waals surface area contributed by atoms with Crippen LogP contribution in [0.4, 0.5) is 0 Å². The van der Waals surface area contributed by atoms with Crippen LogP contribution in [0.2, 0.25) is 0 Å². The molecule has 1 heterocycles. The van der Waals surface area contributed by atoms with Crippen molar-refractivity contribution < 1.29 is 4.79 Å². The second-order valence-electron chi connectivity index (χ2n) is 6.15. The molecule has 100 valence electrons. The lowest BCUT2D eigenvalue weighted by Gasteiger charge is -2.29. The van der Waals surface area contributed by atoms with E-state index in [1.165, 1.54) is 19.3 Å². The Hall–Kier alpha value is -0.610. The summed E-state index contributed by atoms with van der Waals surface area (Å²) in [6.07, 6.45) is 4.31. The molecular weight excluding hydrogens is 214 g/mol. The van der Waals surface area contributed by atoms with Crippen molar-refractivity contribution in [2.75, 3.05) is 19.6 Å². The van der Waals surface area contributed by atoms with Crippen molar-refractivity contribution in [2.24, 2.45) is 17.2 Å². The van der Waals surface area contributed by atoms with Gasteiger partial charge in [0.15, 0.2) is 0 Å². The molecule has 0 aromatic heterocycles. The van der Waals surface area contributed by atoms with Gasteiger partial charge in [0.05, 0.1) is 0 Å². The van der Waals surface area contributed by atoms with Crippen LogP contribution in [-0.2, 0) is 4.79 Å². The summed E-state index contributed by atoms with van der Waals surface area (Å²) in [6.45, 7) is 10.0. The molecular formula is C13H27N3O. The Labute approximate surface area is 105 Å². The largest absolute Gasteiger partial charge is 0.303 e. The molecule has 1 aliphatic rings. The lowest BCUT2D eigenvalue weighted by atomic mass is 9.77. The number of nitrogens with zero attached hydrogens (tertiary/aromatic N) is 1. The average molecular weight is 241 g/mol. The molecule has 0 aromatic rings. The fourth-order valence-corrected chi connectivity index (χ4v) is 2.58. The van der Waals surface area contributed by atoms with E-state index in [9.17, 15) is 4.79 Å². The molecule has 0 aromatic carbocycles. The maximum Gasteiger partial charge on any atom is 0.235 e. The van der Waals surface area contributed by atoms with Crippen LogP contribution in [0, 0.1) is 11.3 Å². The summed E-state index contributed by atoms with van der Waals surface area (Å²) < 4.78 is 0. The molecule has 0 aliphatic carbocycles. The SMILES string of the molecule is CC(C)(C)C1CCCN(CCC(=O)NN)CC1. The van der Waals surface area contributed by atoms with Gasteiger partial charge in [-0.15, -0.1) is 0 Å². The molecule has 1 amide bonds. The first kappa shape index (κ1) is 14.5. The van der Waals surface area contributed by atoms with E-state index in [0.717, 1.165) is 25.6 Å². The van der Waals surface area contributed by atoms with Crippen molar-refractivity contribution in [2.45, 2.75) is 46.5 Å². The van der Waals surface area contributed by atoms with Crippen LogP contribution in [0.25, 0.3) is 0 Å². The quantitative estimate of drug-likeness (QED) is 0.447. The zero-order valence-corrected chi connectivity index (χ0v) is 11.5. The Bertz CT molecular complexity index is 248. The molecule has 17 heavy (non-hydrogen) atoms. The van der Waals surface area contributed by atoms with Gasteiger partial charge in [-0.25, -0.2) is 5.84 Å². The minimum absolute atomic E-state index is 0.0679. The predicted molar refractivity (Wildman–Crippen MR) is 70.2 cm³/mol. The Morgan fingerprint density at radius 3 is 2.65 bits per heavy atom. The summed E-state index contributed by atoms with van der Waals surface area (Å²) >= 11 is 0. The number of hydrazine groups is 1. The van der Waals surface area contributed by atoms with Gasteiger partial charge in [-0.1, -0.05) is 20.8 Å². The molecule has 1 atom stereocenters. The molecule has 0 bridgehead atoms. The smallest absolute Gasteiger partial charge is 0.235 e. The molecule has 0 radical (unpaired) electrons. The topological polar surface area (TPSA) is 58.4 Å². The number of hydrogen-bond acceptors (Lipinski definition) is 3. The Balaban J connectivity index is 2.35. The maximum absolute atomic E-state index is 11.1. The van der Waals surface area contributed by atoms with Crippen molar-refractivity contribution >= 4 is 5.91 Å². The molecule has 1 saturated heterocycles. The van der Waals surface area contributed by atoms with E-state index in [4.69, 9.17) is 5.84 Å². The number of carbonyl (C=O) groups excluding carboxylic acids is 1. The van der Waals surface area contributed by atoms with Gasteiger partial charge in [-0.05, 0) is 43.7 Å². The standard InChI is InChI=1S/C13H27N3O/c1-13(2,3)11-5-4-8-16(9-6-11)10-7-12(17)15-14/h11H,4-10,14H2,1-3H3,(H,15,17). The highest BCUT2D eigenvalue weighted by Crippen LogP contribution is 2.34. The molecule has 3 N–H and O–H groups in total. The predicted octanol–water partition coefficient (Wildman–Crippen LogP) is 1.51. The van der Waals surface area contributed by atoms with E-state index in [2.05, 4.69) is 31.1 Å². The van der Waals surface area contributed by atoms with E-state index >= 15 is 0 Å². The summed E-state index contributed by atoms with van der Waals surface area (Å²) in [4.78, 5) is 13.5. The number of nitrogens with two attached hydrogens (primary N) is 1. The second-order valence-corrected chi connectivity index (χ2v) is 6.15. The maximum atomic E-state index is 11.1. The van der Waals surface area contributed by atoms with Gasteiger partial charge in [0.2, 0.25) is 5.91 Å². The van der Waals surface area contributed by atoms with Crippen LogP contribution in [-0.4, -0.2) is 30.4 Å². The Kier molecular flexibility index (Phi) is 5.40. The third-order valence-electron chi connectivity index (χ3n) is 3.86. The van der Waals surface area contributed by atoms with E-state index < -0.39 is 0 Å². The minimum atomic E-state index is -0.0679. The van der Waals surface area contributed by atoms with Crippen molar-refractivity contribution in [1.29, 1.82) is 0 Å². The average Bonchev–Trinajstić information content (AvgIpc) is 2.50. The number of amides is 1. The van der Waals surface area contributed by atoms with Crippen LogP contribution < -0.4 is 11.3 Å².